The van der Waals surface area contributed by atoms with Crippen molar-refractivity contribution in [3.63, 3.8) is 0 Å². The first-order valence-electron chi connectivity index (χ1n) is 7.40. The van der Waals surface area contributed by atoms with Crippen molar-refractivity contribution >= 4 is 5.91 Å². The Morgan fingerprint density at radius 1 is 1.27 bits per heavy atom. The van der Waals surface area contributed by atoms with Crippen LogP contribution in [0.4, 0.5) is 0 Å². The van der Waals surface area contributed by atoms with Crippen molar-refractivity contribution < 1.29 is 9.90 Å². The number of aliphatic hydroxyl groups excluding tert-OH is 1. The minimum absolute atomic E-state index is 0.193. The molecule has 0 aliphatic carbocycles. The van der Waals surface area contributed by atoms with E-state index >= 15 is 0 Å². The van der Waals surface area contributed by atoms with Crippen LogP contribution in [-0.4, -0.2) is 38.5 Å². The van der Waals surface area contributed by atoms with Crippen LogP contribution in [0.2, 0.25) is 0 Å². The smallest absolute Gasteiger partial charge is 0.272 e. The Morgan fingerprint density at radius 3 is 2.64 bits per heavy atom. The van der Waals surface area contributed by atoms with Gasteiger partial charge in [0.05, 0.1) is 6.10 Å². The molecule has 1 atom stereocenters. The van der Waals surface area contributed by atoms with Gasteiger partial charge in [0, 0.05) is 18.8 Å². The van der Waals surface area contributed by atoms with Crippen LogP contribution in [0, 0.1) is 6.92 Å². The number of amides is 1. The van der Waals surface area contributed by atoms with Crippen molar-refractivity contribution in [3.05, 3.63) is 59.7 Å². The number of nitrogens with zero attached hydrogens (tertiary/aromatic N) is 3. The zero-order valence-electron chi connectivity index (χ0n) is 12.9. The monoisotopic (exact) mass is 299 g/mol. The highest BCUT2D eigenvalue weighted by molar-refractivity contribution is 5.92. The van der Waals surface area contributed by atoms with Crippen LogP contribution in [0.3, 0.4) is 0 Å². The molecule has 0 saturated heterocycles. The molecule has 1 aromatic heterocycles. The maximum atomic E-state index is 12.7. The topological polar surface area (TPSA) is 66.3 Å². The molecule has 0 aliphatic heterocycles. The van der Waals surface area contributed by atoms with Gasteiger partial charge in [-0.3, -0.25) is 4.79 Å². The molecule has 0 saturated carbocycles. The molecule has 1 N–H and O–H groups in total. The molecule has 0 bridgehead atoms. The lowest BCUT2D eigenvalue weighted by molar-refractivity contribution is 0.0593. The van der Waals surface area contributed by atoms with Crippen LogP contribution < -0.4 is 0 Å². The predicted octanol–water partition coefficient (Wildman–Crippen LogP) is 2.20. The second kappa shape index (κ2) is 7.66. The summed E-state index contributed by atoms with van der Waals surface area (Å²) in [6.07, 6.45) is 1.44. The largest absolute Gasteiger partial charge is 0.391 e. The molecule has 0 fully saturated rings. The highest BCUT2D eigenvalue weighted by atomic mass is 16.3. The van der Waals surface area contributed by atoms with Gasteiger partial charge in [0.2, 0.25) is 0 Å². The number of aromatic nitrogens is 2. The van der Waals surface area contributed by atoms with Crippen LogP contribution in [0.1, 0.15) is 35.1 Å². The number of hydrogen-bond donors (Lipinski definition) is 1. The molecule has 5 nitrogen and oxygen atoms in total. The Kier molecular flexibility index (Phi) is 5.61. The molecule has 0 aliphatic rings. The molecule has 5 heteroatoms. The SMILES string of the molecule is CCC(O)CN(Cc1ccccc1)C(=O)c1cc(C)ncn1. The number of carbonyl (C=O) groups excluding carboxylic acids is 1. The van der Waals surface area contributed by atoms with Gasteiger partial charge >= 0.3 is 0 Å². The Bertz CT molecular complexity index is 616. The lowest BCUT2D eigenvalue weighted by Crippen LogP contribution is -2.37. The minimum Gasteiger partial charge on any atom is -0.391 e. The Balaban J connectivity index is 2.21. The number of aliphatic hydroxyl groups is 1. The van der Waals surface area contributed by atoms with Crippen molar-refractivity contribution in [1.82, 2.24) is 14.9 Å². The van der Waals surface area contributed by atoms with Crippen LogP contribution in [0.25, 0.3) is 0 Å². The van der Waals surface area contributed by atoms with E-state index in [1.165, 1.54) is 6.33 Å². The van der Waals surface area contributed by atoms with Crippen LogP contribution >= 0.6 is 0 Å². The van der Waals surface area contributed by atoms with Crippen LogP contribution in [0.5, 0.6) is 0 Å². The molecule has 1 heterocycles. The lowest BCUT2D eigenvalue weighted by Gasteiger charge is -2.25. The average Bonchev–Trinajstić information content (AvgIpc) is 2.54. The highest BCUT2D eigenvalue weighted by Crippen LogP contribution is 2.11. The van der Waals surface area contributed by atoms with E-state index in [1.807, 2.05) is 44.2 Å². The number of carbonyl (C=O) groups is 1. The van der Waals surface area contributed by atoms with Crippen molar-refractivity contribution in [3.8, 4) is 0 Å². The number of hydrogen-bond acceptors (Lipinski definition) is 4. The van der Waals surface area contributed by atoms with E-state index in [-0.39, 0.29) is 12.5 Å². The minimum atomic E-state index is -0.546. The van der Waals surface area contributed by atoms with E-state index < -0.39 is 6.10 Å². The van der Waals surface area contributed by atoms with E-state index in [2.05, 4.69) is 9.97 Å². The Labute approximate surface area is 130 Å². The first-order chi connectivity index (χ1) is 10.6. The summed E-state index contributed by atoms with van der Waals surface area (Å²) >= 11 is 0. The van der Waals surface area contributed by atoms with Crippen molar-refractivity contribution in [2.45, 2.75) is 32.9 Å². The molecule has 2 rings (SSSR count). The number of benzene rings is 1. The van der Waals surface area contributed by atoms with Gasteiger partial charge in [-0.2, -0.15) is 0 Å². The van der Waals surface area contributed by atoms with Gasteiger partial charge in [-0.1, -0.05) is 37.3 Å². The zero-order chi connectivity index (χ0) is 15.9. The summed E-state index contributed by atoms with van der Waals surface area (Å²) in [5, 5.41) is 9.93. The molecule has 22 heavy (non-hydrogen) atoms. The third kappa shape index (κ3) is 4.36. The van der Waals surface area contributed by atoms with Crippen LogP contribution in [-0.2, 0) is 6.54 Å². The third-order valence-corrected chi connectivity index (χ3v) is 3.43. The first kappa shape index (κ1) is 16.1. The molecule has 1 aromatic carbocycles. The first-order valence-corrected chi connectivity index (χ1v) is 7.40. The standard InChI is InChI=1S/C17H21N3O2/c1-3-15(21)11-20(10-14-7-5-4-6-8-14)17(22)16-9-13(2)18-12-19-16/h4-9,12,15,21H,3,10-11H2,1-2H3. The highest BCUT2D eigenvalue weighted by Gasteiger charge is 2.20. The van der Waals surface area contributed by atoms with E-state index in [9.17, 15) is 9.90 Å². The van der Waals surface area contributed by atoms with E-state index in [4.69, 9.17) is 0 Å². The summed E-state index contributed by atoms with van der Waals surface area (Å²) < 4.78 is 0. The summed E-state index contributed by atoms with van der Waals surface area (Å²) in [7, 11) is 0. The van der Waals surface area contributed by atoms with Gasteiger partial charge in [0.1, 0.15) is 12.0 Å². The Morgan fingerprint density at radius 2 is 2.00 bits per heavy atom. The van der Waals surface area contributed by atoms with E-state index in [0.29, 0.717) is 18.7 Å². The molecule has 0 spiro atoms. The Hall–Kier alpha value is -2.27. The van der Waals surface area contributed by atoms with Crippen molar-refractivity contribution in [1.29, 1.82) is 0 Å². The maximum Gasteiger partial charge on any atom is 0.272 e. The van der Waals surface area contributed by atoms with Gasteiger partial charge in [-0.25, -0.2) is 9.97 Å². The predicted molar refractivity (Wildman–Crippen MR) is 84.2 cm³/mol. The lowest BCUT2D eigenvalue weighted by atomic mass is 10.1. The van der Waals surface area contributed by atoms with E-state index in [1.54, 1.807) is 11.0 Å². The summed E-state index contributed by atoms with van der Waals surface area (Å²) in [4.78, 5) is 22.4. The molecular weight excluding hydrogens is 278 g/mol. The van der Waals surface area contributed by atoms with Gasteiger partial charge < -0.3 is 10.0 Å². The van der Waals surface area contributed by atoms with Gasteiger partial charge in [-0.05, 0) is 25.0 Å². The fourth-order valence-electron chi connectivity index (χ4n) is 2.14. The summed E-state index contributed by atoms with van der Waals surface area (Å²) in [6.45, 7) is 4.44. The second-order valence-corrected chi connectivity index (χ2v) is 5.28. The average molecular weight is 299 g/mol. The third-order valence-electron chi connectivity index (χ3n) is 3.43. The van der Waals surface area contributed by atoms with Gasteiger partial charge in [-0.15, -0.1) is 0 Å². The molecular formula is C17H21N3O2. The fourth-order valence-corrected chi connectivity index (χ4v) is 2.14. The fraction of sp³-hybridized carbons (Fsp3) is 0.353. The van der Waals surface area contributed by atoms with Crippen LogP contribution in [0.15, 0.2) is 42.7 Å². The summed E-state index contributed by atoms with van der Waals surface area (Å²) in [5.41, 5.74) is 2.12. The van der Waals surface area contributed by atoms with Gasteiger partial charge in [0.15, 0.2) is 0 Å². The molecule has 0 radical (unpaired) electrons. The van der Waals surface area contributed by atoms with Crippen molar-refractivity contribution in [2.24, 2.45) is 0 Å². The number of aryl methyl sites for hydroxylation is 1. The molecule has 1 unspecified atom stereocenters. The molecule has 1 amide bonds. The number of rotatable bonds is 6. The summed E-state index contributed by atoms with van der Waals surface area (Å²) in [5.74, 6) is -0.193. The van der Waals surface area contributed by atoms with Gasteiger partial charge in [0.25, 0.3) is 5.91 Å². The zero-order valence-corrected chi connectivity index (χ0v) is 12.9. The maximum absolute atomic E-state index is 12.7. The molecule has 2 aromatic rings. The van der Waals surface area contributed by atoms with E-state index in [0.717, 1.165) is 11.3 Å². The molecule has 116 valence electrons. The van der Waals surface area contributed by atoms with Crippen molar-refractivity contribution in [2.75, 3.05) is 6.54 Å². The quantitative estimate of drug-likeness (QED) is 0.888. The summed E-state index contributed by atoms with van der Waals surface area (Å²) in [6, 6.07) is 11.4. The second-order valence-electron chi connectivity index (χ2n) is 5.28. The normalized spacial score (nSPS) is 12.0.